The van der Waals surface area contributed by atoms with Crippen molar-refractivity contribution >= 4 is 23.2 Å². The van der Waals surface area contributed by atoms with Gasteiger partial charge in [0, 0.05) is 10.6 Å². The molecule has 19 heavy (non-hydrogen) atoms. The van der Waals surface area contributed by atoms with E-state index < -0.39 is 0 Å². The molecule has 0 aliphatic heterocycles. The number of ether oxygens (including phenoxy) is 1. The van der Waals surface area contributed by atoms with Crippen LogP contribution in [0.3, 0.4) is 0 Å². The highest BCUT2D eigenvalue weighted by atomic mass is 32.2. The normalized spacial score (nSPS) is 10.2. The Balaban J connectivity index is 2.05. The van der Waals surface area contributed by atoms with Gasteiger partial charge in [-0.15, -0.1) is 11.8 Å². The van der Waals surface area contributed by atoms with Crippen LogP contribution < -0.4 is 10.5 Å². The van der Waals surface area contributed by atoms with E-state index in [0.29, 0.717) is 22.8 Å². The number of benzene rings is 2. The molecular weight excluding hydrogens is 258 g/mol. The second kappa shape index (κ2) is 6.29. The third kappa shape index (κ3) is 3.51. The van der Waals surface area contributed by atoms with Crippen molar-refractivity contribution in [3.63, 3.8) is 0 Å². The quantitative estimate of drug-likeness (QED) is 0.516. The number of ketones is 1. The first-order valence-corrected chi connectivity index (χ1v) is 6.84. The molecule has 0 aliphatic carbocycles. The molecule has 0 saturated carbocycles. The van der Waals surface area contributed by atoms with Crippen LogP contribution in [0.1, 0.15) is 10.4 Å². The number of para-hydroxylation sites is 1. The molecular formula is C15H15NO2S. The van der Waals surface area contributed by atoms with Crippen LogP contribution in [0.15, 0.2) is 53.4 Å². The topological polar surface area (TPSA) is 52.3 Å². The third-order valence-electron chi connectivity index (χ3n) is 2.64. The maximum absolute atomic E-state index is 12.2. The molecule has 4 heteroatoms. The number of nitrogens with two attached hydrogens (primary N) is 1. The van der Waals surface area contributed by atoms with Gasteiger partial charge < -0.3 is 10.5 Å². The smallest absolute Gasteiger partial charge is 0.176 e. The summed E-state index contributed by atoms with van der Waals surface area (Å²) in [5.74, 6) is 1.02. The number of hydrogen-bond acceptors (Lipinski definition) is 4. The van der Waals surface area contributed by atoms with Crippen molar-refractivity contribution in [3.05, 3.63) is 54.1 Å². The molecule has 0 unspecified atom stereocenters. The van der Waals surface area contributed by atoms with Crippen molar-refractivity contribution in [1.82, 2.24) is 0 Å². The number of methoxy groups -OCH3 is 1. The minimum atomic E-state index is 0.0462. The van der Waals surface area contributed by atoms with Crippen LogP contribution in [0.4, 0.5) is 5.69 Å². The zero-order valence-electron chi connectivity index (χ0n) is 10.6. The highest BCUT2D eigenvalue weighted by Crippen LogP contribution is 2.24. The van der Waals surface area contributed by atoms with E-state index >= 15 is 0 Å². The standard InChI is InChI=1S/C15H15NO2S/c1-18-15-8-3-2-7-13(15)14(17)10-19-12-6-4-5-11(16)9-12/h2-9H,10,16H2,1H3. The van der Waals surface area contributed by atoms with E-state index in [1.165, 1.54) is 11.8 Å². The van der Waals surface area contributed by atoms with Gasteiger partial charge in [0.05, 0.1) is 18.4 Å². The van der Waals surface area contributed by atoms with Crippen LogP contribution in [0.2, 0.25) is 0 Å². The summed E-state index contributed by atoms with van der Waals surface area (Å²) in [5, 5.41) is 0. The first kappa shape index (κ1) is 13.5. The molecule has 2 N–H and O–H groups in total. The molecule has 0 radical (unpaired) electrons. The molecule has 3 nitrogen and oxygen atoms in total. The lowest BCUT2D eigenvalue weighted by molar-refractivity contribution is 0.101. The van der Waals surface area contributed by atoms with E-state index in [2.05, 4.69) is 0 Å². The Labute approximate surface area is 116 Å². The Bertz CT molecular complexity index is 584. The largest absolute Gasteiger partial charge is 0.496 e. The molecule has 0 aromatic heterocycles. The molecule has 2 aromatic rings. The summed E-state index contributed by atoms with van der Waals surface area (Å²) in [7, 11) is 1.57. The Kier molecular flexibility index (Phi) is 4.47. The predicted octanol–water partition coefficient (Wildman–Crippen LogP) is 3.25. The van der Waals surface area contributed by atoms with Crippen molar-refractivity contribution in [2.75, 3.05) is 18.6 Å². The maximum Gasteiger partial charge on any atom is 0.176 e. The van der Waals surface area contributed by atoms with Crippen LogP contribution in [-0.2, 0) is 0 Å². The van der Waals surface area contributed by atoms with Crippen molar-refractivity contribution in [3.8, 4) is 5.75 Å². The summed E-state index contributed by atoms with van der Waals surface area (Å²) in [6.45, 7) is 0. The molecule has 98 valence electrons. The number of rotatable bonds is 5. The van der Waals surface area contributed by atoms with Gasteiger partial charge in [-0.25, -0.2) is 0 Å². The van der Waals surface area contributed by atoms with E-state index in [1.54, 1.807) is 19.2 Å². The monoisotopic (exact) mass is 273 g/mol. The second-order valence-corrected chi connectivity index (χ2v) is 5.03. The first-order valence-electron chi connectivity index (χ1n) is 5.85. The van der Waals surface area contributed by atoms with Crippen molar-refractivity contribution in [2.24, 2.45) is 0 Å². The maximum atomic E-state index is 12.2. The average Bonchev–Trinajstić information content (AvgIpc) is 2.45. The van der Waals surface area contributed by atoms with Gasteiger partial charge in [0.15, 0.2) is 5.78 Å². The zero-order valence-corrected chi connectivity index (χ0v) is 11.4. The number of carbonyl (C=O) groups excluding carboxylic acids is 1. The molecule has 0 heterocycles. The average molecular weight is 273 g/mol. The fraction of sp³-hybridized carbons (Fsp3) is 0.133. The van der Waals surface area contributed by atoms with E-state index in [1.807, 2.05) is 36.4 Å². The molecule has 2 rings (SSSR count). The number of thioether (sulfide) groups is 1. The van der Waals surface area contributed by atoms with Crippen molar-refractivity contribution < 1.29 is 9.53 Å². The SMILES string of the molecule is COc1ccccc1C(=O)CSc1cccc(N)c1. The van der Waals surface area contributed by atoms with Crippen LogP contribution in [-0.4, -0.2) is 18.6 Å². The van der Waals surface area contributed by atoms with Crippen molar-refractivity contribution in [2.45, 2.75) is 4.90 Å². The molecule has 0 atom stereocenters. The molecule has 0 spiro atoms. The molecule has 2 aromatic carbocycles. The Morgan fingerprint density at radius 2 is 2.00 bits per heavy atom. The minimum Gasteiger partial charge on any atom is -0.496 e. The summed E-state index contributed by atoms with van der Waals surface area (Å²) < 4.78 is 5.19. The highest BCUT2D eigenvalue weighted by molar-refractivity contribution is 8.00. The first-order chi connectivity index (χ1) is 9.20. The lowest BCUT2D eigenvalue weighted by Crippen LogP contribution is -2.04. The van der Waals surface area contributed by atoms with E-state index in [9.17, 15) is 4.79 Å². The highest BCUT2D eigenvalue weighted by Gasteiger charge is 2.11. The van der Waals surface area contributed by atoms with E-state index in [4.69, 9.17) is 10.5 Å². The van der Waals surface area contributed by atoms with Crippen LogP contribution >= 0.6 is 11.8 Å². The van der Waals surface area contributed by atoms with Crippen molar-refractivity contribution in [1.29, 1.82) is 0 Å². The van der Waals surface area contributed by atoms with Gasteiger partial charge in [-0.05, 0) is 30.3 Å². The van der Waals surface area contributed by atoms with Crippen LogP contribution in [0.5, 0.6) is 5.75 Å². The molecule has 0 saturated heterocycles. The van der Waals surface area contributed by atoms with Gasteiger partial charge in [-0.3, -0.25) is 4.79 Å². The summed E-state index contributed by atoms with van der Waals surface area (Å²) >= 11 is 1.47. The van der Waals surface area contributed by atoms with E-state index in [0.717, 1.165) is 4.90 Å². The number of nitrogen functional groups attached to an aromatic ring is 1. The summed E-state index contributed by atoms with van der Waals surface area (Å²) in [6.07, 6.45) is 0. The summed E-state index contributed by atoms with van der Waals surface area (Å²) in [5.41, 5.74) is 7.02. The summed E-state index contributed by atoms with van der Waals surface area (Å²) in [6, 6.07) is 14.8. The molecule has 0 fully saturated rings. The Hall–Kier alpha value is -1.94. The summed E-state index contributed by atoms with van der Waals surface area (Å²) in [4.78, 5) is 13.1. The second-order valence-electron chi connectivity index (χ2n) is 3.98. The number of Topliss-reactive ketones (excluding diaryl/α,β-unsaturated/α-hetero) is 1. The Morgan fingerprint density at radius 1 is 1.21 bits per heavy atom. The van der Waals surface area contributed by atoms with Gasteiger partial charge in [0.25, 0.3) is 0 Å². The molecule has 0 bridgehead atoms. The lowest BCUT2D eigenvalue weighted by Gasteiger charge is -2.07. The predicted molar refractivity (Wildman–Crippen MR) is 78.9 cm³/mol. The van der Waals surface area contributed by atoms with Gasteiger partial charge >= 0.3 is 0 Å². The van der Waals surface area contributed by atoms with Crippen LogP contribution in [0.25, 0.3) is 0 Å². The third-order valence-corrected chi connectivity index (χ3v) is 3.63. The van der Waals surface area contributed by atoms with E-state index in [-0.39, 0.29) is 5.78 Å². The molecule has 0 amide bonds. The molecule has 0 aliphatic rings. The fourth-order valence-electron chi connectivity index (χ4n) is 1.71. The van der Waals surface area contributed by atoms with Gasteiger partial charge in [-0.1, -0.05) is 18.2 Å². The lowest BCUT2D eigenvalue weighted by atomic mass is 10.1. The van der Waals surface area contributed by atoms with Gasteiger partial charge in [-0.2, -0.15) is 0 Å². The number of hydrogen-bond donors (Lipinski definition) is 1. The Morgan fingerprint density at radius 3 is 2.74 bits per heavy atom. The van der Waals surface area contributed by atoms with Gasteiger partial charge in [0.2, 0.25) is 0 Å². The fourth-order valence-corrected chi connectivity index (χ4v) is 2.55. The van der Waals surface area contributed by atoms with Crippen LogP contribution in [0, 0.1) is 0 Å². The number of carbonyl (C=O) groups is 1. The number of anilines is 1. The zero-order chi connectivity index (χ0) is 13.7. The van der Waals surface area contributed by atoms with Gasteiger partial charge in [0.1, 0.15) is 5.75 Å². The minimum absolute atomic E-state index is 0.0462.